The second kappa shape index (κ2) is 10.5. The molecule has 0 bridgehead atoms. The first-order valence-electron chi connectivity index (χ1n) is 8.68. The van der Waals surface area contributed by atoms with Gasteiger partial charge in [-0.3, -0.25) is 9.80 Å². The van der Waals surface area contributed by atoms with Gasteiger partial charge in [0.15, 0.2) is 0 Å². The highest BCUT2D eigenvalue weighted by molar-refractivity contribution is 5.81. The van der Waals surface area contributed by atoms with Crippen LogP contribution in [0.5, 0.6) is 0 Å². The van der Waals surface area contributed by atoms with Crippen LogP contribution in [-0.4, -0.2) is 81.0 Å². The fourth-order valence-corrected chi connectivity index (χ4v) is 2.88. The van der Waals surface area contributed by atoms with Crippen molar-refractivity contribution in [1.29, 1.82) is 0 Å². The Hall–Kier alpha value is -2.52. The number of likely N-dealkylation sites (tertiary alicyclic amines) is 2. The molecule has 0 aromatic carbocycles. The molecular weight excluding hydrogens is 348 g/mol. The van der Waals surface area contributed by atoms with Gasteiger partial charge in [-0.25, -0.2) is 19.2 Å². The van der Waals surface area contributed by atoms with E-state index in [-0.39, 0.29) is 0 Å². The molecule has 26 heavy (non-hydrogen) atoms. The molecule has 2 fully saturated rings. The highest BCUT2D eigenvalue weighted by Gasteiger charge is 2.35. The molecule has 2 atom stereocenters. The highest BCUT2D eigenvalue weighted by Crippen LogP contribution is 2.18. The van der Waals surface area contributed by atoms with Gasteiger partial charge >= 0.3 is 24.1 Å². The Kier molecular flexibility index (Phi) is 8.66. The quantitative estimate of drug-likeness (QED) is 0.616. The van der Waals surface area contributed by atoms with Crippen molar-refractivity contribution in [2.75, 3.05) is 19.7 Å². The smallest absolute Gasteiger partial charge is 0.410 e. The number of carboxylic acid groups (broad SMARTS) is 3. The molecule has 2 heterocycles. The van der Waals surface area contributed by atoms with Crippen LogP contribution in [0.3, 0.4) is 0 Å². The fourth-order valence-electron chi connectivity index (χ4n) is 2.88. The summed E-state index contributed by atoms with van der Waals surface area (Å²) in [6.07, 6.45) is 2.47. The van der Waals surface area contributed by atoms with Gasteiger partial charge in [0.05, 0.1) is 6.61 Å². The van der Waals surface area contributed by atoms with E-state index in [1.807, 2.05) is 6.92 Å². The number of aliphatic carboxylic acids is 2. The summed E-state index contributed by atoms with van der Waals surface area (Å²) in [6.45, 7) is 3.20. The lowest BCUT2D eigenvalue weighted by Gasteiger charge is -2.20. The Morgan fingerprint density at radius 2 is 1.42 bits per heavy atom. The summed E-state index contributed by atoms with van der Waals surface area (Å²) in [5.41, 5.74) is 0. The predicted molar refractivity (Wildman–Crippen MR) is 89.0 cm³/mol. The van der Waals surface area contributed by atoms with E-state index in [1.54, 1.807) is 0 Å². The maximum absolute atomic E-state index is 11.5. The number of carbonyl (C=O) groups is 4. The van der Waals surface area contributed by atoms with Gasteiger partial charge in [0, 0.05) is 13.1 Å². The van der Waals surface area contributed by atoms with Gasteiger partial charge in [0.25, 0.3) is 0 Å². The van der Waals surface area contributed by atoms with Crippen molar-refractivity contribution in [1.82, 2.24) is 9.80 Å². The third-order valence-corrected chi connectivity index (χ3v) is 4.28. The van der Waals surface area contributed by atoms with Crippen LogP contribution in [0.2, 0.25) is 0 Å². The number of hydrogen-bond donors (Lipinski definition) is 3. The van der Waals surface area contributed by atoms with Crippen molar-refractivity contribution < 1.29 is 39.2 Å². The number of rotatable bonds is 5. The van der Waals surface area contributed by atoms with E-state index in [1.165, 1.54) is 4.90 Å². The van der Waals surface area contributed by atoms with Crippen LogP contribution in [0.25, 0.3) is 0 Å². The van der Waals surface area contributed by atoms with E-state index in [9.17, 15) is 19.2 Å². The van der Waals surface area contributed by atoms with Gasteiger partial charge in [-0.05, 0) is 32.1 Å². The zero-order chi connectivity index (χ0) is 19.7. The normalized spacial score (nSPS) is 21.7. The predicted octanol–water partition coefficient (Wildman–Crippen LogP) is 1.69. The molecule has 2 unspecified atom stereocenters. The second-order valence-corrected chi connectivity index (χ2v) is 6.13. The van der Waals surface area contributed by atoms with Gasteiger partial charge in [-0.1, -0.05) is 13.3 Å². The topological polar surface area (TPSA) is 145 Å². The maximum atomic E-state index is 11.5. The van der Waals surface area contributed by atoms with Crippen molar-refractivity contribution in [2.24, 2.45) is 0 Å². The Bertz CT molecular complexity index is 504. The molecule has 2 aliphatic heterocycles. The molecule has 0 radical (unpaired) electrons. The number of hydrogen-bond acceptors (Lipinski definition) is 5. The average Bonchev–Trinajstić information content (AvgIpc) is 3.24. The Balaban J connectivity index is 0.000000273. The Labute approximate surface area is 151 Å². The first-order chi connectivity index (χ1) is 12.3. The lowest BCUT2D eigenvalue weighted by molar-refractivity contribution is -0.142. The molecule has 2 amide bonds. The van der Waals surface area contributed by atoms with E-state index in [0.29, 0.717) is 39.0 Å². The van der Waals surface area contributed by atoms with E-state index < -0.39 is 36.2 Å². The van der Waals surface area contributed by atoms with Crippen LogP contribution in [0, 0.1) is 0 Å². The molecule has 10 heteroatoms. The van der Waals surface area contributed by atoms with Crippen LogP contribution >= 0.6 is 0 Å². The molecule has 0 aromatic rings. The van der Waals surface area contributed by atoms with Crippen molar-refractivity contribution in [2.45, 2.75) is 57.5 Å². The lowest BCUT2D eigenvalue weighted by Crippen LogP contribution is -2.40. The summed E-state index contributed by atoms with van der Waals surface area (Å²) in [5.74, 6) is -2.00. The number of unbranched alkanes of at least 4 members (excludes halogenated alkanes) is 1. The van der Waals surface area contributed by atoms with Crippen LogP contribution < -0.4 is 0 Å². The van der Waals surface area contributed by atoms with Crippen molar-refractivity contribution in [3.8, 4) is 0 Å². The molecule has 148 valence electrons. The summed E-state index contributed by atoms with van der Waals surface area (Å²) in [6, 6.07) is -1.52. The van der Waals surface area contributed by atoms with Crippen molar-refractivity contribution in [3.05, 3.63) is 0 Å². The highest BCUT2D eigenvalue weighted by atomic mass is 16.6. The number of carboxylic acids is 2. The third kappa shape index (κ3) is 6.08. The molecular formula is C16H26N2O8. The fraction of sp³-hybridized carbons (Fsp3) is 0.750. The summed E-state index contributed by atoms with van der Waals surface area (Å²) in [4.78, 5) is 45.3. The largest absolute Gasteiger partial charge is 0.480 e. The molecule has 0 saturated carbocycles. The van der Waals surface area contributed by atoms with Crippen molar-refractivity contribution in [3.63, 3.8) is 0 Å². The van der Waals surface area contributed by atoms with Gasteiger partial charge in [-0.2, -0.15) is 0 Å². The van der Waals surface area contributed by atoms with E-state index >= 15 is 0 Å². The third-order valence-electron chi connectivity index (χ3n) is 4.28. The van der Waals surface area contributed by atoms with Gasteiger partial charge in [0.1, 0.15) is 12.1 Å². The molecule has 2 aliphatic rings. The standard InChI is InChI=1S/C10H17NO4.C6H9NO4/c1-2-3-7-15-10(14)11-6-4-5-8(11)9(12)13;8-5(9)4-2-1-3-7(4)6(10)11/h8H,2-7H2,1H3,(H,12,13);4H,1-3H2,(H,8,9)(H,10,11). The summed E-state index contributed by atoms with van der Waals surface area (Å²) in [5, 5.41) is 25.9. The first-order valence-corrected chi connectivity index (χ1v) is 8.68. The van der Waals surface area contributed by atoms with E-state index in [2.05, 4.69) is 0 Å². The molecule has 2 saturated heterocycles. The zero-order valence-electron chi connectivity index (χ0n) is 14.8. The summed E-state index contributed by atoms with van der Waals surface area (Å²) in [7, 11) is 0. The van der Waals surface area contributed by atoms with Crippen LogP contribution in [0.1, 0.15) is 45.4 Å². The first kappa shape index (κ1) is 21.5. The second-order valence-electron chi connectivity index (χ2n) is 6.13. The minimum atomic E-state index is -1.14. The van der Waals surface area contributed by atoms with Crippen LogP contribution in [-0.2, 0) is 14.3 Å². The lowest BCUT2D eigenvalue weighted by atomic mass is 10.2. The molecule has 0 aliphatic carbocycles. The van der Waals surface area contributed by atoms with Gasteiger partial charge in [0.2, 0.25) is 0 Å². The number of carbonyl (C=O) groups excluding carboxylic acids is 1. The van der Waals surface area contributed by atoms with Crippen LogP contribution in [0.15, 0.2) is 0 Å². The monoisotopic (exact) mass is 374 g/mol. The number of ether oxygens (including phenoxy) is 1. The number of nitrogens with zero attached hydrogens (tertiary/aromatic N) is 2. The van der Waals surface area contributed by atoms with Crippen molar-refractivity contribution >= 4 is 24.1 Å². The van der Waals surface area contributed by atoms with Gasteiger partial charge in [-0.15, -0.1) is 0 Å². The number of amides is 2. The minimum absolute atomic E-state index is 0.340. The summed E-state index contributed by atoms with van der Waals surface area (Å²) < 4.78 is 4.97. The average molecular weight is 374 g/mol. The zero-order valence-corrected chi connectivity index (χ0v) is 14.8. The van der Waals surface area contributed by atoms with Crippen LogP contribution in [0.4, 0.5) is 9.59 Å². The molecule has 0 aromatic heterocycles. The van der Waals surface area contributed by atoms with E-state index in [4.69, 9.17) is 20.1 Å². The molecule has 10 nitrogen and oxygen atoms in total. The minimum Gasteiger partial charge on any atom is -0.480 e. The van der Waals surface area contributed by atoms with E-state index in [0.717, 1.165) is 24.2 Å². The molecule has 0 spiro atoms. The maximum Gasteiger partial charge on any atom is 0.410 e. The molecule has 3 N–H and O–H groups in total. The molecule has 2 rings (SSSR count). The van der Waals surface area contributed by atoms with Gasteiger partial charge < -0.3 is 20.1 Å². The summed E-state index contributed by atoms with van der Waals surface area (Å²) >= 11 is 0. The SMILES string of the molecule is CCCCOC(=O)N1CCCC1C(=O)O.O=C(O)C1CCCN1C(=O)O. The Morgan fingerprint density at radius 1 is 0.923 bits per heavy atom. The Morgan fingerprint density at radius 3 is 1.85 bits per heavy atom.